The average molecular weight is 340 g/mol. The molecule has 0 unspecified atom stereocenters. The Morgan fingerprint density at radius 2 is 1.92 bits per heavy atom. The second-order valence-electron chi connectivity index (χ2n) is 5.46. The normalized spacial score (nSPS) is 10.7. The minimum Gasteiger partial charge on any atom is -0.506 e. The zero-order chi connectivity index (χ0) is 18.0. The maximum atomic E-state index is 13.7. The molecule has 3 rings (SSSR count). The van der Waals surface area contributed by atoms with E-state index >= 15 is 0 Å². The van der Waals surface area contributed by atoms with E-state index in [9.17, 15) is 14.3 Å². The Bertz CT molecular complexity index is 950. The smallest absolute Gasteiger partial charge is 0.341 e. The number of hydrogen-bond donors (Lipinski definition) is 1. The van der Waals surface area contributed by atoms with Crippen LogP contribution in [0.4, 0.5) is 4.39 Å². The maximum absolute atomic E-state index is 13.7. The van der Waals surface area contributed by atoms with Gasteiger partial charge in [-0.15, -0.1) is 0 Å². The molecule has 3 aromatic rings. The molecule has 0 radical (unpaired) electrons. The Morgan fingerprint density at radius 1 is 1.12 bits per heavy atom. The van der Waals surface area contributed by atoms with Crippen molar-refractivity contribution in [2.45, 2.75) is 6.92 Å². The Labute approximate surface area is 144 Å². The van der Waals surface area contributed by atoms with Crippen LogP contribution in [0.2, 0.25) is 0 Å². The predicted octanol–water partition coefficient (Wildman–Crippen LogP) is 4.54. The molecule has 0 saturated carbocycles. The van der Waals surface area contributed by atoms with Gasteiger partial charge in [-0.05, 0) is 59.8 Å². The van der Waals surface area contributed by atoms with Gasteiger partial charge in [-0.25, -0.2) is 9.18 Å². The Morgan fingerprint density at radius 3 is 2.60 bits per heavy atom. The summed E-state index contributed by atoms with van der Waals surface area (Å²) in [6, 6.07) is 12.7. The first-order chi connectivity index (χ1) is 12.0. The standard InChI is InChI=1S/C20H17FO4/c1-3-25-20(23)18-11-16(12-5-4-6-13(21)9-12)17-10-14(24-2)7-8-15(17)19(18)22/h4-11,22H,3H2,1-2H3. The number of methoxy groups -OCH3 is 1. The van der Waals surface area contributed by atoms with Crippen LogP contribution in [0, 0.1) is 5.82 Å². The molecule has 0 aromatic heterocycles. The Balaban J connectivity index is 2.35. The van der Waals surface area contributed by atoms with E-state index in [0.717, 1.165) is 0 Å². The molecule has 5 heteroatoms. The van der Waals surface area contributed by atoms with Crippen LogP contribution in [0.5, 0.6) is 11.5 Å². The molecule has 0 amide bonds. The second kappa shape index (κ2) is 6.81. The highest BCUT2D eigenvalue weighted by Gasteiger charge is 2.19. The third-order valence-corrected chi connectivity index (χ3v) is 3.95. The van der Waals surface area contributed by atoms with E-state index in [1.165, 1.54) is 25.3 Å². The summed E-state index contributed by atoms with van der Waals surface area (Å²) < 4.78 is 24.0. The summed E-state index contributed by atoms with van der Waals surface area (Å²) in [5, 5.41) is 11.6. The lowest BCUT2D eigenvalue weighted by atomic mass is 9.94. The third kappa shape index (κ3) is 3.13. The van der Waals surface area contributed by atoms with E-state index in [-0.39, 0.29) is 23.7 Å². The minimum absolute atomic E-state index is 0.0405. The van der Waals surface area contributed by atoms with Gasteiger partial charge in [0.15, 0.2) is 0 Å². The Hall–Kier alpha value is -3.08. The van der Waals surface area contributed by atoms with Crippen LogP contribution in [0.3, 0.4) is 0 Å². The minimum atomic E-state index is -0.629. The summed E-state index contributed by atoms with van der Waals surface area (Å²) in [6.07, 6.45) is 0. The largest absolute Gasteiger partial charge is 0.506 e. The number of rotatable bonds is 4. The Kier molecular flexibility index (Phi) is 4.57. The van der Waals surface area contributed by atoms with E-state index < -0.39 is 5.97 Å². The average Bonchev–Trinajstić information content (AvgIpc) is 2.61. The van der Waals surface area contributed by atoms with Gasteiger partial charge in [0.05, 0.1) is 13.7 Å². The fraction of sp³-hybridized carbons (Fsp3) is 0.150. The molecule has 0 bridgehead atoms. The molecular formula is C20H17FO4. The van der Waals surface area contributed by atoms with Crippen LogP contribution >= 0.6 is 0 Å². The number of carbonyl (C=O) groups is 1. The molecule has 0 aliphatic rings. The van der Waals surface area contributed by atoms with Crippen LogP contribution in [0.15, 0.2) is 48.5 Å². The molecule has 3 aromatic carbocycles. The van der Waals surface area contributed by atoms with E-state index in [1.807, 2.05) is 0 Å². The summed E-state index contributed by atoms with van der Waals surface area (Å²) in [6.45, 7) is 1.88. The zero-order valence-corrected chi connectivity index (χ0v) is 13.9. The first-order valence-electron chi connectivity index (χ1n) is 7.82. The van der Waals surface area contributed by atoms with Gasteiger partial charge in [0, 0.05) is 5.39 Å². The van der Waals surface area contributed by atoms with Crippen LogP contribution in [0.1, 0.15) is 17.3 Å². The van der Waals surface area contributed by atoms with Crippen molar-refractivity contribution in [1.29, 1.82) is 0 Å². The topological polar surface area (TPSA) is 55.8 Å². The van der Waals surface area contributed by atoms with Crippen LogP contribution in [-0.2, 0) is 4.74 Å². The van der Waals surface area contributed by atoms with Crippen molar-refractivity contribution in [2.75, 3.05) is 13.7 Å². The van der Waals surface area contributed by atoms with Crippen molar-refractivity contribution >= 4 is 16.7 Å². The number of esters is 1. The summed E-state index contributed by atoms with van der Waals surface area (Å²) >= 11 is 0. The quantitative estimate of drug-likeness (QED) is 0.709. The van der Waals surface area contributed by atoms with Crippen molar-refractivity contribution in [3.8, 4) is 22.6 Å². The molecule has 0 aliphatic heterocycles. The first kappa shape index (κ1) is 16.8. The number of halogens is 1. The first-order valence-corrected chi connectivity index (χ1v) is 7.82. The zero-order valence-electron chi connectivity index (χ0n) is 13.9. The van der Waals surface area contributed by atoms with E-state index in [4.69, 9.17) is 9.47 Å². The number of ether oxygens (including phenoxy) is 2. The molecule has 0 aliphatic carbocycles. The molecule has 0 saturated heterocycles. The highest BCUT2D eigenvalue weighted by atomic mass is 19.1. The van der Waals surface area contributed by atoms with Crippen molar-refractivity contribution in [1.82, 2.24) is 0 Å². The molecule has 0 atom stereocenters. The number of phenolic OH excluding ortho intramolecular Hbond substituents is 1. The van der Waals surface area contributed by atoms with Gasteiger partial charge in [0.1, 0.15) is 22.9 Å². The van der Waals surface area contributed by atoms with Gasteiger partial charge in [-0.2, -0.15) is 0 Å². The van der Waals surface area contributed by atoms with Crippen molar-refractivity contribution in [3.05, 3.63) is 59.9 Å². The van der Waals surface area contributed by atoms with Gasteiger partial charge in [-0.3, -0.25) is 0 Å². The molecule has 0 spiro atoms. The maximum Gasteiger partial charge on any atom is 0.341 e. The van der Waals surface area contributed by atoms with E-state index in [0.29, 0.717) is 27.6 Å². The lowest BCUT2D eigenvalue weighted by Crippen LogP contribution is -2.05. The fourth-order valence-electron chi connectivity index (χ4n) is 2.77. The number of fused-ring (bicyclic) bond motifs is 1. The summed E-state index contributed by atoms with van der Waals surface area (Å²) in [4.78, 5) is 12.2. The van der Waals surface area contributed by atoms with Crippen molar-refractivity contribution in [2.24, 2.45) is 0 Å². The van der Waals surface area contributed by atoms with E-state index in [2.05, 4.69) is 0 Å². The summed E-state index contributed by atoms with van der Waals surface area (Å²) in [7, 11) is 1.54. The number of hydrogen-bond acceptors (Lipinski definition) is 4. The van der Waals surface area contributed by atoms with Gasteiger partial charge >= 0.3 is 5.97 Å². The fourth-order valence-corrected chi connectivity index (χ4v) is 2.77. The molecule has 128 valence electrons. The lowest BCUT2D eigenvalue weighted by molar-refractivity contribution is 0.0523. The van der Waals surface area contributed by atoms with Crippen LogP contribution in [-0.4, -0.2) is 24.8 Å². The molecule has 0 fully saturated rings. The monoisotopic (exact) mass is 340 g/mol. The second-order valence-corrected chi connectivity index (χ2v) is 5.46. The van der Waals surface area contributed by atoms with Gasteiger partial charge in [0.2, 0.25) is 0 Å². The van der Waals surface area contributed by atoms with E-state index in [1.54, 1.807) is 37.3 Å². The number of benzene rings is 3. The highest BCUT2D eigenvalue weighted by molar-refractivity contribution is 6.08. The van der Waals surface area contributed by atoms with Crippen molar-refractivity contribution in [3.63, 3.8) is 0 Å². The molecule has 0 heterocycles. The SMILES string of the molecule is CCOC(=O)c1cc(-c2cccc(F)c2)c2cc(OC)ccc2c1O. The van der Waals surface area contributed by atoms with Crippen LogP contribution in [0.25, 0.3) is 21.9 Å². The predicted molar refractivity (Wildman–Crippen MR) is 93.5 cm³/mol. The highest BCUT2D eigenvalue weighted by Crippen LogP contribution is 2.39. The summed E-state index contributed by atoms with van der Waals surface area (Å²) in [5.74, 6) is -0.598. The molecule has 25 heavy (non-hydrogen) atoms. The molecule has 4 nitrogen and oxygen atoms in total. The van der Waals surface area contributed by atoms with Crippen LogP contribution < -0.4 is 4.74 Å². The van der Waals surface area contributed by atoms with Gasteiger partial charge in [0.25, 0.3) is 0 Å². The molecular weight excluding hydrogens is 323 g/mol. The number of carbonyl (C=O) groups excluding carboxylic acids is 1. The van der Waals surface area contributed by atoms with Crippen molar-refractivity contribution < 1.29 is 23.8 Å². The van der Waals surface area contributed by atoms with Gasteiger partial charge in [-0.1, -0.05) is 12.1 Å². The summed E-state index contributed by atoms with van der Waals surface area (Å²) in [5.41, 5.74) is 1.23. The number of phenols is 1. The number of aromatic hydroxyl groups is 1. The third-order valence-electron chi connectivity index (χ3n) is 3.95. The van der Waals surface area contributed by atoms with Gasteiger partial charge < -0.3 is 14.6 Å². The molecule has 1 N–H and O–H groups in total. The lowest BCUT2D eigenvalue weighted by Gasteiger charge is -2.14.